The second-order valence-corrected chi connectivity index (χ2v) is 4.16. The van der Waals surface area contributed by atoms with Crippen molar-refractivity contribution in [2.75, 3.05) is 0 Å². The lowest BCUT2D eigenvalue weighted by molar-refractivity contribution is -0.139. The smallest absolute Gasteiger partial charge is 0.326 e. The number of carboxylic acid groups (broad SMARTS) is 1. The summed E-state index contributed by atoms with van der Waals surface area (Å²) < 4.78 is 0. The summed E-state index contributed by atoms with van der Waals surface area (Å²) in [6.07, 6.45) is 4.25. The Labute approximate surface area is 111 Å². The quantitative estimate of drug-likeness (QED) is 0.707. The van der Waals surface area contributed by atoms with Crippen LogP contribution in [-0.4, -0.2) is 33.1 Å². The van der Waals surface area contributed by atoms with Crippen LogP contribution in [0.25, 0.3) is 0 Å². The largest absolute Gasteiger partial charge is 0.480 e. The summed E-state index contributed by atoms with van der Waals surface area (Å²) in [5.74, 6) is -1.04. The van der Waals surface area contributed by atoms with Gasteiger partial charge in [0, 0.05) is 6.20 Å². The van der Waals surface area contributed by atoms with E-state index in [1.54, 1.807) is 12.4 Å². The van der Waals surface area contributed by atoms with Crippen molar-refractivity contribution in [2.45, 2.75) is 39.3 Å². The van der Waals surface area contributed by atoms with Crippen molar-refractivity contribution in [3.05, 3.63) is 23.8 Å². The lowest BCUT2D eigenvalue weighted by atomic mass is 10.2. The fourth-order valence-corrected chi connectivity index (χ4v) is 1.44. The molecule has 3 N–H and O–H groups in total. The van der Waals surface area contributed by atoms with E-state index in [0.717, 1.165) is 5.69 Å². The van der Waals surface area contributed by atoms with Gasteiger partial charge in [-0.15, -0.1) is 0 Å². The highest BCUT2D eigenvalue weighted by atomic mass is 16.4. The number of carbonyl (C=O) groups excluding carboxylic acids is 1. The number of hydrogen-bond donors (Lipinski definition) is 3. The van der Waals surface area contributed by atoms with Crippen molar-refractivity contribution in [1.29, 1.82) is 0 Å². The SMILES string of the molecule is CCCC(NC(=O)NCc1cnc(C)cn1)C(=O)O. The topological polar surface area (TPSA) is 104 Å². The highest BCUT2D eigenvalue weighted by molar-refractivity contribution is 5.82. The van der Waals surface area contributed by atoms with E-state index in [1.165, 1.54) is 0 Å². The van der Waals surface area contributed by atoms with Crippen LogP contribution in [0.5, 0.6) is 0 Å². The number of carbonyl (C=O) groups is 2. The molecule has 1 aromatic rings. The molecule has 1 heterocycles. The maximum absolute atomic E-state index is 11.5. The van der Waals surface area contributed by atoms with E-state index in [2.05, 4.69) is 20.6 Å². The predicted octanol–water partition coefficient (Wildman–Crippen LogP) is 0.838. The number of aromatic nitrogens is 2. The zero-order chi connectivity index (χ0) is 14.3. The normalized spacial score (nSPS) is 11.7. The fraction of sp³-hybridized carbons (Fsp3) is 0.500. The molecule has 0 aliphatic rings. The number of rotatable bonds is 6. The third-order valence-electron chi connectivity index (χ3n) is 2.45. The van der Waals surface area contributed by atoms with Crippen molar-refractivity contribution < 1.29 is 14.7 Å². The maximum Gasteiger partial charge on any atom is 0.326 e. The van der Waals surface area contributed by atoms with Crippen LogP contribution in [0.3, 0.4) is 0 Å². The van der Waals surface area contributed by atoms with Crippen LogP contribution in [0.1, 0.15) is 31.2 Å². The molecule has 0 radical (unpaired) electrons. The summed E-state index contributed by atoms with van der Waals surface area (Å²) >= 11 is 0. The van der Waals surface area contributed by atoms with Crippen LogP contribution in [-0.2, 0) is 11.3 Å². The lowest BCUT2D eigenvalue weighted by Crippen LogP contribution is -2.45. The maximum atomic E-state index is 11.5. The number of carboxylic acids is 1. The van der Waals surface area contributed by atoms with Crippen LogP contribution >= 0.6 is 0 Å². The molecule has 1 unspecified atom stereocenters. The summed E-state index contributed by atoms with van der Waals surface area (Å²) in [6, 6.07) is -1.39. The van der Waals surface area contributed by atoms with E-state index >= 15 is 0 Å². The van der Waals surface area contributed by atoms with Crippen molar-refractivity contribution >= 4 is 12.0 Å². The summed E-state index contributed by atoms with van der Waals surface area (Å²) in [5.41, 5.74) is 1.41. The van der Waals surface area contributed by atoms with E-state index in [0.29, 0.717) is 18.5 Å². The zero-order valence-electron chi connectivity index (χ0n) is 11.0. The highest BCUT2D eigenvalue weighted by Gasteiger charge is 2.18. The van der Waals surface area contributed by atoms with E-state index in [4.69, 9.17) is 5.11 Å². The van der Waals surface area contributed by atoms with Gasteiger partial charge in [0.1, 0.15) is 6.04 Å². The molecule has 0 aromatic carbocycles. The van der Waals surface area contributed by atoms with Gasteiger partial charge in [0.25, 0.3) is 0 Å². The van der Waals surface area contributed by atoms with Gasteiger partial charge in [0.2, 0.25) is 0 Å². The first kappa shape index (κ1) is 14.9. The molecule has 7 heteroatoms. The van der Waals surface area contributed by atoms with Crippen LogP contribution < -0.4 is 10.6 Å². The predicted molar refractivity (Wildman–Crippen MR) is 68.5 cm³/mol. The standard InChI is InChI=1S/C12H18N4O3/c1-3-4-10(11(17)18)16-12(19)15-7-9-6-13-8(2)5-14-9/h5-6,10H,3-4,7H2,1-2H3,(H,17,18)(H2,15,16,19). The molecular weight excluding hydrogens is 248 g/mol. The Kier molecular flexibility index (Phi) is 5.72. The Bertz CT molecular complexity index is 433. The minimum absolute atomic E-state index is 0.206. The van der Waals surface area contributed by atoms with Gasteiger partial charge in [-0.2, -0.15) is 0 Å². The number of nitrogens with zero attached hydrogens (tertiary/aromatic N) is 2. The van der Waals surface area contributed by atoms with Crippen molar-refractivity contribution in [2.24, 2.45) is 0 Å². The zero-order valence-corrected chi connectivity index (χ0v) is 11.0. The molecule has 0 fully saturated rings. The molecule has 0 bridgehead atoms. The molecule has 1 aromatic heterocycles. The first-order valence-electron chi connectivity index (χ1n) is 6.07. The summed E-state index contributed by atoms with van der Waals surface area (Å²) in [6.45, 7) is 3.88. The molecule has 0 aliphatic carbocycles. The van der Waals surface area contributed by atoms with Gasteiger partial charge in [0.05, 0.1) is 24.1 Å². The summed E-state index contributed by atoms with van der Waals surface area (Å²) in [7, 11) is 0. The molecule has 19 heavy (non-hydrogen) atoms. The molecule has 7 nitrogen and oxygen atoms in total. The number of urea groups is 1. The fourth-order valence-electron chi connectivity index (χ4n) is 1.44. The number of amides is 2. The highest BCUT2D eigenvalue weighted by Crippen LogP contribution is 1.97. The van der Waals surface area contributed by atoms with E-state index in [1.807, 2.05) is 13.8 Å². The van der Waals surface area contributed by atoms with E-state index in [9.17, 15) is 9.59 Å². The molecule has 1 atom stereocenters. The summed E-state index contributed by atoms with van der Waals surface area (Å²) in [4.78, 5) is 30.5. The average molecular weight is 266 g/mol. The lowest BCUT2D eigenvalue weighted by Gasteiger charge is -2.14. The molecule has 0 aliphatic heterocycles. The van der Waals surface area contributed by atoms with Crippen LogP contribution in [0.2, 0.25) is 0 Å². The molecule has 0 saturated carbocycles. The van der Waals surface area contributed by atoms with Gasteiger partial charge in [-0.05, 0) is 13.3 Å². The molecule has 0 spiro atoms. The van der Waals surface area contributed by atoms with Gasteiger partial charge in [-0.3, -0.25) is 9.97 Å². The first-order chi connectivity index (χ1) is 9.02. The number of aliphatic carboxylic acids is 1. The number of aryl methyl sites for hydroxylation is 1. The Morgan fingerprint density at radius 1 is 1.37 bits per heavy atom. The third-order valence-corrected chi connectivity index (χ3v) is 2.45. The molecule has 0 saturated heterocycles. The van der Waals surface area contributed by atoms with Gasteiger partial charge >= 0.3 is 12.0 Å². The van der Waals surface area contributed by atoms with Gasteiger partial charge < -0.3 is 15.7 Å². The second kappa shape index (κ2) is 7.30. The van der Waals surface area contributed by atoms with Crippen LogP contribution in [0.4, 0.5) is 4.79 Å². The monoisotopic (exact) mass is 266 g/mol. The number of hydrogen-bond acceptors (Lipinski definition) is 4. The van der Waals surface area contributed by atoms with Gasteiger partial charge in [0.15, 0.2) is 0 Å². The summed E-state index contributed by atoms with van der Waals surface area (Å²) in [5, 5.41) is 13.9. The second-order valence-electron chi connectivity index (χ2n) is 4.16. The first-order valence-corrected chi connectivity index (χ1v) is 6.07. The van der Waals surface area contributed by atoms with Crippen LogP contribution in [0.15, 0.2) is 12.4 Å². The van der Waals surface area contributed by atoms with Crippen molar-refractivity contribution in [1.82, 2.24) is 20.6 Å². The van der Waals surface area contributed by atoms with E-state index < -0.39 is 18.0 Å². The Balaban J connectivity index is 2.42. The minimum Gasteiger partial charge on any atom is -0.480 e. The molecular formula is C12H18N4O3. The molecule has 104 valence electrons. The van der Waals surface area contributed by atoms with E-state index in [-0.39, 0.29) is 6.54 Å². The average Bonchev–Trinajstić information content (AvgIpc) is 2.37. The Morgan fingerprint density at radius 2 is 2.11 bits per heavy atom. The molecule has 2 amide bonds. The molecule has 1 rings (SSSR count). The third kappa shape index (κ3) is 5.33. The van der Waals surface area contributed by atoms with Gasteiger partial charge in [-0.25, -0.2) is 9.59 Å². The Hall–Kier alpha value is -2.18. The van der Waals surface area contributed by atoms with Crippen molar-refractivity contribution in [3.8, 4) is 0 Å². The minimum atomic E-state index is -1.04. The van der Waals surface area contributed by atoms with Crippen LogP contribution in [0, 0.1) is 6.92 Å². The van der Waals surface area contributed by atoms with Crippen molar-refractivity contribution in [3.63, 3.8) is 0 Å². The van der Waals surface area contributed by atoms with Gasteiger partial charge in [-0.1, -0.05) is 13.3 Å². The number of nitrogens with one attached hydrogen (secondary N) is 2. The Morgan fingerprint density at radius 3 is 2.63 bits per heavy atom.